The van der Waals surface area contributed by atoms with Crippen molar-refractivity contribution in [1.29, 1.82) is 0 Å². The van der Waals surface area contributed by atoms with E-state index in [-0.39, 0.29) is 17.1 Å². The van der Waals surface area contributed by atoms with E-state index in [2.05, 4.69) is 13.8 Å². The van der Waals surface area contributed by atoms with Crippen LogP contribution in [0.4, 0.5) is 0 Å². The Morgan fingerprint density at radius 3 is 2.40 bits per heavy atom. The molecule has 0 spiro atoms. The van der Waals surface area contributed by atoms with E-state index in [0.29, 0.717) is 12.5 Å². The van der Waals surface area contributed by atoms with Crippen molar-refractivity contribution in [3.63, 3.8) is 0 Å². The Morgan fingerprint density at radius 1 is 1.24 bits per heavy atom. The molecule has 4 heteroatoms. The minimum atomic E-state index is -0.485. The van der Waals surface area contributed by atoms with Gasteiger partial charge in [-0.3, -0.25) is 9.59 Å². The van der Waals surface area contributed by atoms with Gasteiger partial charge in [0.05, 0.1) is 11.6 Å². The zero-order chi connectivity index (χ0) is 18.6. The molecule has 136 valence electrons. The normalized spacial score (nSPS) is 18.8. The van der Waals surface area contributed by atoms with Crippen molar-refractivity contribution < 1.29 is 14.7 Å². The van der Waals surface area contributed by atoms with Gasteiger partial charge in [0.15, 0.2) is 11.5 Å². The first kappa shape index (κ1) is 19.2. The first-order valence-electron chi connectivity index (χ1n) is 9.22. The van der Waals surface area contributed by atoms with E-state index in [1.165, 1.54) is 6.92 Å². The van der Waals surface area contributed by atoms with Crippen LogP contribution in [-0.4, -0.2) is 28.2 Å². The van der Waals surface area contributed by atoms with E-state index in [9.17, 15) is 14.7 Å². The Kier molecular flexibility index (Phi) is 6.40. The van der Waals surface area contributed by atoms with Crippen molar-refractivity contribution >= 4 is 11.7 Å². The number of aliphatic hydroxyl groups is 1. The molecular formula is C21H29NO3. The number of Topliss-reactive ketones (excluding diaryl/α,β-unsaturated/α-hetero) is 1. The summed E-state index contributed by atoms with van der Waals surface area (Å²) in [5, 5.41) is 10.3. The monoisotopic (exact) mass is 343 g/mol. The van der Waals surface area contributed by atoms with Gasteiger partial charge in [-0.05, 0) is 31.7 Å². The summed E-state index contributed by atoms with van der Waals surface area (Å²) >= 11 is 0. The van der Waals surface area contributed by atoms with Crippen LogP contribution >= 0.6 is 0 Å². The van der Waals surface area contributed by atoms with Crippen LogP contribution in [0.2, 0.25) is 0 Å². The van der Waals surface area contributed by atoms with Crippen LogP contribution in [0.5, 0.6) is 0 Å². The molecule has 1 aliphatic rings. The Labute approximate surface area is 150 Å². The number of hydrogen-bond acceptors (Lipinski definition) is 3. The number of unbranched alkanes of at least 4 members (excludes halogenated alkanes) is 1. The van der Waals surface area contributed by atoms with Gasteiger partial charge in [0.1, 0.15) is 0 Å². The number of amides is 1. The molecule has 1 amide bonds. The molecule has 1 aliphatic heterocycles. The molecule has 0 unspecified atom stereocenters. The third kappa shape index (κ3) is 4.12. The minimum absolute atomic E-state index is 0.221. The van der Waals surface area contributed by atoms with E-state index in [1.54, 1.807) is 4.90 Å². The van der Waals surface area contributed by atoms with Crippen molar-refractivity contribution in [2.75, 3.05) is 6.54 Å². The fourth-order valence-electron chi connectivity index (χ4n) is 3.49. The maximum Gasteiger partial charge on any atom is 0.290 e. The van der Waals surface area contributed by atoms with Crippen LogP contribution in [-0.2, 0) is 9.59 Å². The molecule has 1 N–H and O–H groups in total. The summed E-state index contributed by atoms with van der Waals surface area (Å²) in [5.41, 5.74) is 2.21. The molecule has 1 heterocycles. The molecule has 0 saturated carbocycles. The lowest BCUT2D eigenvalue weighted by molar-refractivity contribution is -0.130. The second-order valence-electron chi connectivity index (χ2n) is 7.01. The molecule has 0 bridgehead atoms. The van der Waals surface area contributed by atoms with Crippen LogP contribution in [0.15, 0.2) is 35.6 Å². The van der Waals surface area contributed by atoms with Crippen molar-refractivity contribution in [1.82, 2.24) is 4.90 Å². The van der Waals surface area contributed by atoms with Crippen molar-refractivity contribution in [3.8, 4) is 0 Å². The summed E-state index contributed by atoms with van der Waals surface area (Å²) in [4.78, 5) is 26.5. The molecular weight excluding hydrogens is 314 g/mol. The molecule has 2 rings (SSSR count). The summed E-state index contributed by atoms with van der Waals surface area (Å²) < 4.78 is 0. The van der Waals surface area contributed by atoms with Crippen molar-refractivity contribution in [3.05, 3.63) is 46.7 Å². The molecule has 4 nitrogen and oxygen atoms in total. The minimum Gasteiger partial charge on any atom is -0.503 e. The maximum atomic E-state index is 12.7. The van der Waals surface area contributed by atoms with Crippen LogP contribution in [0.1, 0.15) is 63.6 Å². The fourth-order valence-corrected chi connectivity index (χ4v) is 3.49. The van der Waals surface area contributed by atoms with Gasteiger partial charge in [-0.1, -0.05) is 62.9 Å². The molecule has 0 radical (unpaired) electrons. The lowest BCUT2D eigenvalue weighted by atomic mass is 9.94. The van der Waals surface area contributed by atoms with Crippen LogP contribution in [0.25, 0.3) is 0 Å². The summed E-state index contributed by atoms with van der Waals surface area (Å²) in [5.74, 6) is -0.689. The highest BCUT2D eigenvalue weighted by Crippen LogP contribution is 2.38. The second kappa shape index (κ2) is 8.32. The van der Waals surface area contributed by atoms with Crippen LogP contribution < -0.4 is 0 Å². The van der Waals surface area contributed by atoms with Gasteiger partial charge < -0.3 is 10.0 Å². The zero-order valence-corrected chi connectivity index (χ0v) is 15.7. The average Bonchev–Trinajstić information content (AvgIpc) is 2.84. The highest BCUT2D eigenvalue weighted by atomic mass is 16.3. The molecule has 0 saturated heterocycles. The van der Waals surface area contributed by atoms with E-state index >= 15 is 0 Å². The lowest BCUT2D eigenvalue weighted by Crippen LogP contribution is -2.35. The topological polar surface area (TPSA) is 57.6 Å². The van der Waals surface area contributed by atoms with Crippen molar-refractivity contribution in [2.45, 2.75) is 59.4 Å². The van der Waals surface area contributed by atoms with E-state index in [0.717, 1.165) is 36.8 Å². The molecule has 0 fully saturated rings. The van der Waals surface area contributed by atoms with Crippen molar-refractivity contribution in [2.24, 2.45) is 5.92 Å². The standard InChI is InChI=1S/C21H29NO3/c1-5-7-8-16(6-2)13-22-19(17-11-9-14(3)10-12-17)18(15(4)23)20(24)21(22)25/h9-12,16,19,24H,5-8,13H2,1-4H3/t16-,19-/m1/s1. The predicted molar refractivity (Wildman–Crippen MR) is 99.3 cm³/mol. The quantitative estimate of drug-likeness (QED) is 0.756. The lowest BCUT2D eigenvalue weighted by Gasteiger charge is -2.30. The molecule has 2 atom stereocenters. The van der Waals surface area contributed by atoms with E-state index in [4.69, 9.17) is 0 Å². The molecule has 25 heavy (non-hydrogen) atoms. The van der Waals surface area contributed by atoms with Gasteiger partial charge in [-0.2, -0.15) is 0 Å². The predicted octanol–water partition coefficient (Wildman–Crippen LogP) is 4.50. The third-order valence-corrected chi connectivity index (χ3v) is 5.07. The number of aryl methyl sites for hydroxylation is 1. The largest absolute Gasteiger partial charge is 0.503 e. The van der Waals surface area contributed by atoms with E-state index < -0.39 is 11.9 Å². The number of carbonyl (C=O) groups excluding carboxylic acids is 2. The van der Waals surface area contributed by atoms with Gasteiger partial charge in [-0.15, -0.1) is 0 Å². The number of aliphatic hydroxyl groups excluding tert-OH is 1. The van der Waals surface area contributed by atoms with Gasteiger partial charge in [0.2, 0.25) is 0 Å². The zero-order valence-electron chi connectivity index (χ0n) is 15.7. The average molecular weight is 343 g/mol. The molecule has 1 aromatic rings. The third-order valence-electron chi connectivity index (χ3n) is 5.07. The maximum absolute atomic E-state index is 12.7. The number of carbonyl (C=O) groups is 2. The molecule has 0 aromatic heterocycles. The SMILES string of the molecule is CCCC[C@@H](CC)CN1C(=O)C(O)=C(C(C)=O)[C@H]1c1ccc(C)cc1. The highest BCUT2D eigenvalue weighted by Gasteiger charge is 2.42. The van der Waals surface area contributed by atoms with Gasteiger partial charge >= 0.3 is 0 Å². The molecule has 1 aromatic carbocycles. The van der Waals surface area contributed by atoms with E-state index in [1.807, 2.05) is 31.2 Å². The number of hydrogen-bond donors (Lipinski definition) is 1. The summed E-state index contributed by atoms with van der Waals surface area (Å²) in [6.45, 7) is 8.26. The summed E-state index contributed by atoms with van der Waals surface area (Å²) in [6.07, 6.45) is 4.26. The summed E-state index contributed by atoms with van der Waals surface area (Å²) in [6, 6.07) is 7.34. The molecule has 0 aliphatic carbocycles. The van der Waals surface area contributed by atoms with Crippen LogP contribution in [0, 0.1) is 12.8 Å². The Hall–Kier alpha value is -2.10. The second-order valence-corrected chi connectivity index (χ2v) is 7.01. The van der Waals surface area contributed by atoms with Gasteiger partial charge in [0.25, 0.3) is 5.91 Å². The Morgan fingerprint density at radius 2 is 1.88 bits per heavy atom. The van der Waals surface area contributed by atoms with Crippen LogP contribution in [0.3, 0.4) is 0 Å². The first-order valence-corrected chi connectivity index (χ1v) is 9.22. The Balaban J connectivity index is 2.37. The number of nitrogens with zero attached hydrogens (tertiary/aromatic N) is 1. The summed E-state index contributed by atoms with van der Waals surface area (Å²) in [7, 11) is 0. The van der Waals surface area contributed by atoms with Gasteiger partial charge in [0, 0.05) is 6.54 Å². The fraction of sp³-hybridized carbons (Fsp3) is 0.524. The highest BCUT2D eigenvalue weighted by molar-refractivity contribution is 6.08. The smallest absolute Gasteiger partial charge is 0.290 e. The Bertz CT molecular complexity index is 660. The number of ketones is 1. The number of rotatable bonds is 8. The first-order chi connectivity index (χ1) is 11.9. The van der Waals surface area contributed by atoms with Gasteiger partial charge in [-0.25, -0.2) is 0 Å². The number of benzene rings is 1.